The normalized spacial score (nSPS) is 11.2. The number of aryl methyl sites for hydroxylation is 1. The number of hydrogen-bond donors (Lipinski definition) is 2. The summed E-state index contributed by atoms with van der Waals surface area (Å²) < 4.78 is 4.61. The number of anilines is 1. The third-order valence-corrected chi connectivity index (χ3v) is 8.16. The minimum absolute atomic E-state index is 0.748. The lowest BCUT2D eigenvalue weighted by Crippen LogP contribution is -2.37. The third-order valence-electron chi connectivity index (χ3n) is 6.52. The second-order valence-electron chi connectivity index (χ2n) is 9.03. The fourth-order valence-electron chi connectivity index (χ4n) is 4.68. The van der Waals surface area contributed by atoms with E-state index in [0.29, 0.717) is 0 Å². The van der Waals surface area contributed by atoms with E-state index in [2.05, 4.69) is 126 Å². The Morgan fingerprint density at radius 1 is 0.811 bits per heavy atom. The van der Waals surface area contributed by atoms with Gasteiger partial charge in [0.25, 0.3) is 0 Å². The zero-order valence-electron chi connectivity index (χ0n) is 20.2. The van der Waals surface area contributed by atoms with E-state index in [-0.39, 0.29) is 0 Å². The summed E-state index contributed by atoms with van der Waals surface area (Å²) in [7, 11) is 0. The zero-order valence-corrected chi connectivity index (χ0v) is 25.1. The van der Waals surface area contributed by atoms with E-state index < -0.39 is 0 Å². The Labute approximate surface area is 245 Å². The summed E-state index contributed by atoms with van der Waals surface area (Å²) in [6.07, 6.45) is 1.91. The van der Waals surface area contributed by atoms with Gasteiger partial charge in [-0.3, -0.25) is 0 Å². The number of hydrogen-bond acceptors (Lipinski definition) is 2. The molecule has 1 aromatic heterocycles. The predicted octanol–water partition coefficient (Wildman–Crippen LogP) is 8.94. The molecule has 0 radical (unpaired) electrons. The lowest BCUT2D eigenvalue weighted by Gasteiger charge is -2.26. The van der Waals surface area contributed by atoms with Crippen LogP contribution >= 0.6 is 56.7 Å². The summed E-state index contributed by atoms with van der Waals surface area (Å²) in [6.45, 7) is 2.62. The first kappa shape index (κ1) is 26.3. The largest absolute Gasteiger partial charge is 0.349 e. The fraction of sp³-hybridized carbons (Fsp3) is 0.167. The van der Waals surface area contributed by atoms with Crippen LogP contribution in [0.5, 0.6) is 0 Å². The molecule has 0 aliphatic heterocycles. The standard InChI is InChI=1S/C30H27Br2N3S2/c31-22-7-13-28-26(19-22)27-20-23(32)8-14-29(27)35(28)17-4-16-34(18-15-21-5-2-1-3-6-21)30(37)33-24-9-11-25(36)12-10-24/h1-3,5-14,19-20,36H,4,15-18H2,(H,33,37). The van der Waals surface area contributed by atoms with Crippen LogP contribution in [0.3, 0.4) is 0 Å². The second-order valence-corrected chi connectivity index (χ2v) is 11.8. The van der Waals surface area contributed by atoms with Gasteiger partial charge >= 0.3 is 0 Å². The Morgan fingerprint density at radius 3 is 2.05 bits per heavy atom. The smallest absolute Gasteiger partial charge is 0.173 e. The first-order valence-electron chi connectivity index (χ1n) is 12.2. The molecule has 4 aromatic carbocycles. The maximum absolute atomic E-state index is 5.88. The first-order valence-corrected chi connectivity index (χ1v) is 14.7. The first-order chi connectivity index (χ1) is 18.0. The molecule has 5 aromatic rings. The lowest BCUT2D eigenvalue weighted by molar-refractivity contribution is 0.408. The molecule has 1 heterocycles. The Hall–Kier alpha value is -2.32. The van der Waals surface area contributed by atoms with Gasteiger partial charge in [0.15, 0.2) is 5.11 Å². The molecule has 0 bridgehead atoms. The molecule has 7 heteroatoms. The number of aromatic nitrogens is 1. The van der Waals surface area contributed by atoms with E-state index in [1.54, 1.807) is 0 Å². The van der Waals surface area contributed by atoms with E-state index in [4.69, 9.17) is 12.2 Å². The molecule has 0 saturated heterocycles. The van der Waals surface area contributed by atoms with E-state index in [1.165, 1.54) is 27.4 Å². The highest BCUT2D eigenvalue weighted by Crippen LogP contribution is 2.33. The van der Waals surface area contributed by atoms with Crippen molar-refractivity contribution in [1.82, 2.24) is 9.47 Å². The molecule has 3 nitrogen and oxygen atoms in total. The van der Waals surface area contributed by atoms with Gasteiger partial charge in [-0.05, 0) is 91.3 Å². The molecule has 37 heavy (non-hydrogen) atoms. The number of rotatable bonds is 8. The molecule has 0 saturated carbocycles. The maximum atomic E-state index is 5.88. The summed E-state index contributed by atoms with van der Waals surface area (Å²) in [5, 5.41) is 6.70. The number of halogens is 2. The molecule has 188 valence electrons. The summed E-state index contributed by atoms with van der Waals surface area (Å²) >= 11 is 17.6. The summed E-state index contributed by atoms with van der Waals surface area (Å²) in [4.78, 5) is 3.22. The van der Waals surface area contributed by atoms with Gasteiger partial charge in [0.05, 0.1) is 0 Å². The molecule has 0 aliphatic rings. The topological polar surface area (TPSA) is 20.2 Å². The van der Waals surface area contributed by atoms with E-state index >= 15 is 0 Å². The van der Waals surface area contributed by atoms with Crippen LogP contribution in [0.2, 0.25) is 0 Å². The summed E-state index contributed by atoms with van der Waals surface area (Å²) in [5.41, 5.74) is 4.79. The SMILES string of the molecule is S=C(Nc1ccc(S)cc1)N(CCCn1c2ccc(Br)cc2c2cc(Br)ccc21)CCc1ccccc1. The Bertz CT molecular complexity index is 1470. The van der Waals surface area contributed by atoms with Crippen LogP contribution in [0, 0.1) is 0 Å². The molecule has 0 fully saturated rings. The minimum atomic E-state index is 0.748. The van der Waals surface area contributed by atoms with Gasteiger partial charge < -0.3 is 14.8 Å². The fourth-order valence-corrected chi connectivity index (χ4v) is 5.85. The van der Waals surface area contributed by atoms with Crippen molar-refractivity contribution in [3.8, 4) is 0 Å². The molecule has 0 unspecified atom stereocenters. The van der Waals surface area contributed by atoms with Crippen molar-refractivity contribution >= 4 is 89.3 Å². The van der Waals surface area contributed by atoms with Crippen LogP contribution in [0.4, 0.5) is 5.69 Å². The van der Waals surface area contributed by atoms with Gasteiger partial charge in [-0.1, -0.05) is 62.2 Å². The van der Waals surface area contributed by atoms with Gasteiger partial charge in [0, 0.05) is 61.0 Å². The average molecular weight is 654 g/mol. The number of nitrogens with one attached hydrogen (secondary N) is 1. The highest BCUT2D eigenvalue weighted by atomic mass is 79.9. The average Bonchev–Trinajstić information content (AvgIpc) is 3.19. The van der Waals surface area contributed by atoms with Gasteiger partial charge in [-0.2, -0.15) is 0 Å². The van der Waals surface area contributed by atoms with Gasteiger partial charge in [-0.25, -0.2) is 0 Å². The van der Waals surface area contributed by atoms with Crippen molar-refractivity contribution in [2.24, 2.45) is 0 Å². The van der Waals surface area contributed by atoms with Crippen molar-refractivity contribution in [2.75, 3.05) is 18.4 Å². The molecule has 0 atom stereocenters. The Kier molecular flexibility index (Phi) is 8.55. The van der Waals surface area contributed by atoms with Crippen LogP contribution in [0.1, 0.15) is 12.0 Å². The van der Waals surface area contributed by atoms with Crippen LogP contribution in [-0.4, -0.2) is 27.7 Å². The molecular weight excluding hydrogens is 626 g/mol. The molecule has 1 N–H and O–H groups in total. The van der Waals surface area contributed by atoms with Crippen LogP contribution < -0.4 is 5.32 Å². The molecule has 0 amide bonds. The monoisotopic (exact) mass is 651 g/mol. The highest BCUT2D eigenvalue weighted by molar-refractivity contribution is 9.10. The number of fused-ring (bicyclic) bond motifs is 3. The molecular formula is C30H27Br2N3S2. The maximum Gasteiger partial charge on any atom is 0.173 e. The molecule has 0 aliphatic carbocycles. The predicted molar refractivity (Wildman–Crippen MR) is 171 cm³/mol. The van der Waals surface area contributed by atoms with Gasteiger partial charge in [0.1, 0.15) is 0 Å². The van der Waals surface area contributed by atoms with Crippen LogP contribution in [0.15, 0.2) is 105 Å². The lowest BCUT2D eigenvalue weighted by atomic mass is 10.1. The number of benzene rings is 4. The third kappa shape index (κ3) is 6.40. The molecule has 5 rings (SSSR count). The molecule has 0 spiro atoms. The van der Waals surface area contributed by atoms with E-state index in [0.717, 1.165) is 57.1 Å². The Balaban J connectivity index is 1.35. The Morgan fingerprint density at radius 2 is 1.43 bits per heavy atom. The zero-order chi connectivity index (χ0) is 25.8. The number of nitrogens with zero attached hydrogens (tertiary/aromatic N) is 2. The number of thiol groups is 1. The van der Waals surface area contributed by atoms with Crippen LogP contribution in [0.25, 0.3) is 21.8 Å². The summed E-state index contributed by atoms with van der Waals surface area (Å²) in [6, 6.07) is 31.6. The van der Waals surface area contributed by atoms with Crippen molar-refractivity contribution in [3.63, 3.8) is 0 Å². The van der Waals surface area contributed by atoms with E-state index in [9.17, 15) is 0 Å². The summed E-state index contributed by atoms with van der Waals surface area (Å²) in [5.74, 6) is 0. The second kappa shape index (κ2) is 12.0. The van der Waals surface area contributed by atoms with Crippen molar-refractivity contribution < 1.29 is 0 Å². The minimum Gasteiger partial charge on any atom is -0.349 e. The van der Waals surface area contributed by atoms with Crippen LogP contribution in [-0.2, 0) is 13.0 Å². The van der Waals surface area contributed by atoms with Crippen molar-refractivity contribution in [1.29, 1.82) is 0 Å². The van der Waals surface area contributed by atoms with Crippen molar-refractivity contribution in [2.45, 2.75) is 24.3 Å². The van der Waals surface area contributed by atoms with E-state index in [1.807, 2.05) is 24.3 Å². The van der Waals surface area contributed by atoms with Gasteiger partial charge in [-0.15, -0.1) is 12.6 Å². The highest BCUT2D eigenvalue weighted by Gasteiger charge is 2.14. The number of thiocarbonyl (C=S) groups is 1. The van der Waals surface area contributed by atoms with Gasteiger partial charge in [0.2, 0.25) is 0 Å². The quantitative estimate of drug-likeness (QED) is 0.129. The van der Waals surface area contributed by atoms with Crippen molar-refractivity contribution in [3.05, 3.63) is 106 Å².